The summed E-state index contributed by atoms with van der Waals surface area (Å²) in [7, 11) is 0. The van der Waals surface area contributed by atoms with Gasteiger partial charge in [-0.3, -0.25) is 0 Å². The van der Waals surface area contributed by atoms with Gasteiger partial charge in [-0.05, 0) is 17.5 Å². The van der Waals surface area contributed by atoms with Gasteiger partial charge < -0.3 is 15.2 Å². The van der Waals surface area contributed by atoms with Gasteiger partial charge in [0, 0.05) is 0 Å². The van der Waals surface area contributed by atoms with Crippen LogP contribution in [0.3, 0.4) is 0 Å². The molecule has 0 amide bonds. The van der Waals surface area contributed by atoms with Gasteiger partial charge in [0.05, 0.1) is 25.9 Å². The van der Waals surface area contributed by atoms with Crippen molar-refractivity contribution in [3.63, 3.8) is 0 Å². The van der Waals surface area contributed by atoms with Crippen LogP contribution >= 0.6 is 0 Å². The second-order valence-electron chi connectivity index (χ2n) is 4.59. The lowest BCUT2D eigenvalue weighted by Crippen LogP contribution is -2.37. The summed E-state index contributed by atoms with van der Waals surface area (Å²) in [5.74, 6) is 0. The molecule has 1 atom stereocenters. The number of benzene rings is 1. The van der Waals surface area contributed by atoms with Crippen molar-refractivity contribution in [2.75, 3.05) is 19.8 Å². The lowest BCUT2D eigenvalue weighted by molar-refractivity contribution is -0.131. The minimum absolute atomic E-state index is 0.0359. The van der Waals surface area contributed by atoms with Crippen LogP contribution in [-0.4, -0.2) is 25.9 Å². The first-order chi connectivity index (χ1) is 8.29. The zero-order valence-corrected chi connectivity index (χ0v) is 10.4. The molecule has 2 N–H and O–H groups in total. The van der Waals surface area contributed by atoms with E-state index >= 15 is 0 Å². The highest BCUT2D eigenvalue weighted by Crippen LogP contribution is 2.15. The third-order valence-electron chi connectivity index (χ3n) is 3.07. The van der Waals surface area contributed by atoms with E-state index in [2.05, 4.69) is 31.2 Å². The summed E-state index contributed by atoms with van der Waals surface area (Å²) in [4.78, 5) is 0. The molecule has 1 aliphatic heterocycles. The molecular weight excluding hydrogens is 214 g/mol. The van der Waals surface area contributed by atoms with Crippen LogP contribution < -0.4 is 5.73 Å². The molecule has 0 spiro atoms. The molecule has 3 nitrogen and oxygen atoms in total. The first-order valence-electron chi connectivity index (χ1n) is 6.33. The van der Waals surface area contributed by atoms with Gasteiger partial charge in [0.25, 0.3) is 0 Å². The van der Waals surface area contributed by atoms with Crippen molar-refractivity contribution >= 4 is 0 Å². The lowest BCUT2D eigenvalue weighted by atomic mass is 10.0. The highest BCUT2D eigenvalue weighted by Gasteiger charge is 2.20. The van der Waals surface area contributed by atoms with E-state index in [9.17, 15) is 0 Å². The molecule has 1 heterocycles. The van der Waals surface area contributed by atoms with Crippen molar-refractivity contribution in [2.24, 2.45) is 5.73 Å². The minimum Gasteiger partial charge on any atom is -0.376 e. The molecule has 1 aromatic carbocycles. The molecule has 0 radical (unpaired) electrons. The highest BCUT2D eigenvalue weighted by atomic mass is 16.6. The third kappa shape index (κ3) is 3.53. The fraction of sp³-hybridized carbons (Fsp3) is 0.571. The second kappa shape index (κ2) is 6.15. The molecule has 17 heavy (non-hydrogen) atoms. The third-order valence-corrected chi connectivity index (χ3v) is 3.07. The van der Waals surface area contributed by atoms with Crippen LogP contribution in [0.25, 0.3) is 0 Å². The van der Waals surface area contributed by atoms with Crippen LogP contribution in [0, 0.1) is 0 Å². The van der Waals surface area contributed by atoms with Crippen molar-refractivity contribution in [3.8, 4) is 0 Å². The maximum absolute atomic E-state index is 6.08. The predicted octanol–water partition coefficient (Wildman–Crippen LogP) is 2.05. The summed E-state index contributed by atoms with van der Waals surface area (Å²) in [6, 6.07) is 8.49. The monoisotopic (exact) mass is 235 g/mol. The summed E-state index contributed by atoms with van der Waals surface area (Å²) in [6.07, 6.45) is 2.56. The molecular formula is C14H21NO2. The van der Waals surface area contributed by atoms with Gasteiger partial charge in [-0.2, -0.15) is 0 Å². The zero-order chi connectivity index (χ0) is 12.1. The highest BCUT2D eigenvalue weighted by molar-refractivity contribution is 5.25. The van der Waals surface area contributed by atoms with E-state index in [1.165, 1.54) is 12.0 Å². The van der Waals surface area contributed by atoms with Crippen molar-refractivity contribution in [1.29, 1.82) is 0 Å². The Morgan fingerprint density at radius 2 is 2.06 bits per heavy atom. The summed E-state index contributed by atoms with van der Waals surface area (Å²) in [6.45, 7) is 4.18. The van der Waals surface area contributed by atoms with Crippen LogP contribution in [0.15, 0.2) is 24.3 Å². The fourth-order valence-corrected chi connectivity index (χ4v) is 1.87. The number of nitrogens with two attached hydrogens (primary N) is 1. The molecule has 0 saturated carbocycles. The normalized spacial score (nSPS) is 17.8. The van der Waals surface area contributed by atoms with Crippen LogP contribution in [0.1, 0.15) is 30.5 Å². The largest absolute Gasteiger partial charge is 0.376 e. The van der Waals surface area contributed by atoms with Crippen LogP contribution in [0.4, 0.5) is 0 Å². The molecule has 2 rings (SSSR count). The number of hydrogen-bond donors (Lipinski definition) is 1. The zero-order valence-electron chi connectivity index (χ0n) is 10.4. The number of aryl methyl sites for hydroxylation is 1. The summed E-state index contributed by atoms with van der Waals surface area (Å²) in [5.41, 5.74) is 8.60. The van der Waals surface area contributed by atoms with Gasteiger partial charge in [-0.15, -0.1) is 0 Å². The number of rotatable bonds is 6. The lowest BCUT2D eigenvalue weighted by Gasteiger charge is -2.27. The Kier molecular flexibility index (Phi) is 4.54. The van der Waals surface area contributed by atoms with E-state index < -0.39 is 0 Å². The quantitative estimate of drug-likeness (QED) is 0.820. The average Bonchev–Trinajstić information content (AvgIpc) is 2.28. The topological polar surface area (TPSA) is 44.5 Å². The van der Waals surface area contributed by atoms with Gasteiger partial charge in [0.1, 0.15) is 6.10 Å². The second-order valence-corrected chi connectivity index (χ2v) is 4.59. The van der Waals surface area contributed by atoms with Crippen molar-refractivity contribution in [3.05, 3.63) is 35.4 Å². The SMILES string of the molecule is CCCc1ccc(C(N)COC2COC2)cc1. The summed E-state index contributed by atoms with van der Waals surface area (Å²) in [5, 5.41) is 0. The van der Waals surface area contributed by atoms with Crippen molar-refractivity contribution in [2.45, 2.75) is 31.9 Å². The van der Waals surface area contributed by atoms with E-state index in [0.29, 0.717) is 19.8 Å². The molecule has 0 aromatic heterocycles. The van der Waals surface area contributed by atoms with Gasteiger partial charge >= 0.3 is 0 Å². The standard InChI is InChI=1S/C14H21NO2/c1-2-3-11-4-6-12(7-5-11)14(15)10-17-13-8-16-9-13/h4-7,13-14H,2-3,8-10,15H2,1H3. The van der Waals surface area contributed by atoms with E-state index in [1.54, 1.807) is 0 Å². The summed E-state index contributed by atoms with van der Waals surface area (Å²) >= 11 is 0. The van der Waals surface area contributed by atoms with E-state index in [4.69, 9.17) is 15.2 Å². The molecule has 1 aliphatic rings. The Morgan fingerprint density at radius 1 is 1.35 bits per heavy atom. The summed E-state index contributed by atoms with van der Waals surface area (Å²) < 4.78 is 10.7. The van der Waals surface area contributed by atoms with Crippen LogP contribution in [0.2, 0.25) is 0 Å². The molecule has 0 aliphatic carbocycles. The average molecular weight is 235 g/mol. The van der Waals surface area contributed by atoms with Gasteiger partial charge in [0.15, 0.2) is 0 Å². The Bertz CT molecular complexity index is 333. The molecule has 1 unspecified atom stereocenters. The van der Waals surface area contributed by atoms with Gasteiger partial charge in [0.2, 0.25) is 0 Å². The molecule has 94 valence electrons. The molecule has 3 heteroatoms. The number of hydrogen-bond acceptors (Lipinski definition) is 3. The van der Waals surface area contributed by atoms with E-state index in [1.807, 2.05) is 0 Å². The predicted molar refractivity (Wildman–Crippen MR) is 67.9 cm³/mol. The maximum Gasteiger partial charge on any atom is 0.104 e. The molecule has 0 bridgehead atoms. The maximum atomic E-state index is 6.08. The van der Waals surface area contributed by atoms with Crippen LogP contribution in [-0.2, 0) is 15.9 Å². The van der Waals surface area contributed by atoms with E-state index in [-0.39, 0.29) is 12.1 Å². The van der Waals surface area contributed by atoms with Gasteiger partial charge in [-0.1, -0.05) is 37.6 Å². The first-order valence-corrected chi connectivity index (χ1v) is 6.33. The molecule has 1 saturated heterocycles. The Hall–Kier alpha value is -0.900. The Labute approximate surface area is 103 Å². The van der Waals surface area contributed by atoms with Gasteiger partial charge in [-0.25, -0.2) is 0 Å². The van der Waals surface area contributed by atoms with Crippen LogP contribution in [0.5, 0.6) is 0 Å². The Balaban J connectivity index is 1.82. The first kappa shape index (κ1) is 12.6. The van der Waals surface area contributed by atoms with Crippen molar-refractivity contribution < 1.29 is 9.47 Å². The van der Waals surface area contributed by atoms with Crippen molar-refractivity contribution in [1.82, 2.24) is 0 Å². The Morgan fingerprint density at radius 3 is 2.59 bits per heavy atom. The van der Waals surface area contributed by atoms with E-state index in [0.717, 1.165) is 12.0 Å². The molecule has 1 aromatic rings. The fourth-order valence-electron chi connectivity index (χ4n) is 1.87. The minimum atomic E-state index is -0.0359. The number of ether oxygens (including phenoxy) is 2. The smallest absolute Gasteiger partial charge is 0.104 e. The molecule has 1 fully saturated rings.